The zero-order valence-corrected chi connectivity index (χ0v) is 14.2. The largest absolute Gasteiger partial charge is 0.399 e. The number of carbonyl (C=O) groups is 1. The molecule has 0 aliphatic heterocycles. The molecule has 0 fully saturated rings. The lowest BCUT2D eigenvalue weighted by molar-refractivity contribution is 0.0742. The first-order valence-corrected chi connectivity index (χ1v) is 8.08. The van der Waals surface area contributed by atoms with E-state index in [1.165, 1.54) is 0 Å². The Kier molecular flexibility index (Phi) is 5.61. The average Bonchev–Trinajstić information content (AvgIpc) is 2.47. The molecule has 0 radical (unpaired) electrons. The molecular weight excluding hydrogens is 375 g/mol. The lowest BCUT2D eigenvalue weighted by atomic mass is 10.1. The normalized spacial score (nSPS) is 10.4. The van der Waals surface area contributed by atoms with Gasteiger partial charge in [-0.3, -0.25) is 4.79 Å². The molecule has 0 atom stereocenters. The summed E-state index contributed by atoms with van der Waals surface area (Å²) in [6.45, 7) is 3.40. The van der Waals surface area contributed by atoms with E-state index in [0.717, 1.165) is 33.4 Å². The third-order valence-electron chi connectivity index (χ3n) is 3.21. The van der Waals surface area contributed by atoms with E-state index in [9.17, 15) is 4.79 Å². The van der Waals surface area contributed by atoms with Gasteiger partial charge in [0.05, 0.1) is 5.56 Å². The molecule has 1 amide bonds. The number of benzene rings is 2. The van der Waals surface area contributed by atoms with Crippen molar-refractivity contribution >= 4 is 34.2 Å². The second-order valence-corrected chi connectivity index (χ2v) is 6.11. The van der Waals surface area contributed by atoms with E-state index in [-0.39, 0.29) is 5.91 Å². The second-order valence-electron chi connectivity index (χ2n) is 4.95. The second kappa shape index (κ2) is 7.45. The fourth-order valence-corrected chi connectivity index (χ4v) is 2.86. The molecule has 0 unspecified atom stereocenters. The zero-order valence-electron chi connectivity index (χ0n) is 12.1. The topological polar surface area (TPSA) is 46.3 Å². The molecule has 0 spiro atoms. The Hall–Kier alpha value is -1.56. The van der Waals surface area contributed by atoms with Crippen molar-refractivity contribution in [1.29, 1.82) is 0 Å². The number of nitrogens with zero attached hydrogens (tertiary/aromatic N) is 1. The fraction of sp³-hybridized carbons (Fsp3) is 0.235. The number of hydrogen-bond donors (Lipinski definition) is 1. The summed E-state index contributed by atoms with van der Waals surface area (Å²) in [7, 11) is 0. The van der Waals surface area contributed by atoms with Gasteiger partial charge >= 0.3 is 0 Å². The standard InChI is InChI=1S/C17H19IN2O/c1-2-10-20(12-13-6-5-7-14(19)11-13)17(21)15-8-3-4-9-16(15)18/h3-9,11H,2,10,12,19H2,1H3. The molecule has 0 aliphatic carbocycles. The molecule has 110 valence electrons. The van der Waals surface area contributed by atoms with Crippen LogP contribution in [0.2, 0.25) is 0 Å². The molecule has 2 aromatic carbocycles. The minimum atomic E-state index is 0.0734. The maximum Gasteiger partial charge on any atom is 0.255 e. The number of nitrogen functional groups attached to an aromatic ring is 1. The molecule has 0 aliphatic rings. The van der Waals surface area contributed by atoms with Crippen LogP contribution in [-0.4, -0.2) is 17.4 Å². The molecule has 2 rings (SSSR count). The molecule has 0 bridgehead atoms. The Morgan fingerprint density at radius 2 is 1.95 bits per heavy atom. The van der Waals surface area contributed by atoms with Crippen LogP contribution in [-0.2, 0) is 6.54 Å². The minimum Gasteiger partial charge on any atom is -0.399 e. The summed E-state index contributed by atoms with van der Waals surface area (Å²) in [5, 5.41) is 0. The first-order valence-electron chi connectivity index (χ1n) is 7.00. The summed E-state index contributed by atoms with van der Waals surface area (Å²) in [4.78, 5) is 14.6. The lowest BCUT2D eigenvalue weighted by Crippen LogP contribution is -2.31. The Morgan fingerprint density at radius 1 is 1.19 bits per heavy atom. The first kappa shape index (κ1) is 15.8. The number of amides is 1. The van der Waals surface area contributed by atoms with Gasteiger partial charge in [0.25, 0.3) is 5.91 Å². The van der Waals surface area contributed by atoms with Gasteiger partial charge < -0.3 is 10.6 Å². The average molecular weight is 394 g/mol. The highest BCUT2D eigenvalue weighted by atomic mass is 127. The van der Waals surface area contributed by atoms with Gasteiger partial charge in [0.15, 0.2) is 0 Å². The number of anilines is 1. The molecule has 21 heavy (non-hydrogen) atoms. The van der Waals surface area contributed by atoms with E-state index in [1.54, 1.807) is 0 Å². The van der Waals surface area contributed by atoms with Crippen molar-refractivity contribution in [2.45, 2.75) is 19.9 Å². The van der Waals surface area contributed by atoms with Crippen molar-refractivity contribution in [2.24, 2.45) is 0 Å². The van der Waals surface area contributed by atoms with Crippen LogP contribution in [0.5, 0.6) is 0 Å². The first-order chi connectivity index (χ1) is 10.1. The third-order valence-corrected chi connectivity index (χ3v) is 4.15. The van der Waals surface area contributed by atoms with Crippen LogP contribution in [0.3, 0.4) is 0 Å². The van der Waals surface area contributed by atoms with Crippen molar-refractivity contribution in [2.75, 3.05) is 12.3 Å². The van der Waals surface area contributed by atoms with Gasteiger partial charge in [-0.15, -0.1) is 0 Å². The molecule has 0 aromatic heterocycles. The van der Waals surface area contributed by atoms with Crippen molar-refractivity contribution in [1.82, 2.24) is 4.90 Å². The Morgan fingerprint density at radius 3 is 2.62 bits per heavy atom. The number of rotatable bonds is 5. The summed E-state index contributed by atoms with van der Waals surface area (Å²) < 4.78 is 0.980. The molecule has 0 saturated heterocycles. The van der Waals surface area contributed by atoms with E-state index in [1.807, 2.05) is 53.4 Å². The van der Waals surface area contributed by atoms with Gasteiger partial charge in [0.2, 0.25) is 0 Å². The Bertz CT molecular complexity index is 628. The monoisotopic (exact) mass is 394 g/mol. The maximum atomic E-state index is 12.7. The summed E-state index contributed by atoms with van der Waals surface area (Å²) >= 11 is 2.21. The molecule has 2 N–H and O–H groups in total. The van der Waals surface area contributed by atoms with Crippen LogP contribution in [0, 0.1) is 3.57 Å². The van der Waals surface area contributed by atoms with Crippen molar-refractivity contribution < 1.29 is 4.79 Å². The Labute approximate surface area is 139 Å². The highest BCUT2D eigenvalue weighted by Crippen LogP contribution is 2.17. The fourth-order valence-electron chi connectivity index (χ4n) is 2.24. The maximum absolute atomic E-state index is 12.7. The molecule has 0 heterocycles. The van der Waals surface area contributed by atoms with E-state index < -0.39 is 0 Å². The van der Waals surface area contributed by atoms with Gasteiger partial charge in [0.1, 0.15) is 0 Å². The summed E-state index contributed by atoms with van der Waals surface area (Å²) in [6, 6.07) is 15.4. The number of nitrogens with two attached hydrogens (primary N) is 1. The quantitative estimate of drug-likeness (QED) is 0.617. The van der Waals surface area contributed by atoms with E-state index in [0.29, 0.717) is 6.54 Å². The van der Waals surface area contributed by atoms with Gasteiger partial charge in [0, 0.05) is 22.3 Å². The third kappa shape index (κ3) is 4.20. The minimum absolute atomic E-state index is 0.0734. The molecule has 4 heteroatoms. The van der Waals surface area contributed by atoms with Gasteiger partial charge in [-0.05, 0) is 58.8 Å². The van der Waals surface area contributed by atoms with Crippen LogP contribution in [0.25, 0.3) is 0 Å². The number of halogens is 1. The van der Waals surface area contributed by atoms with Crippen molar-refractivity contribution in [3.05, 3.63) is 63.2 Å². The van der Waals surface area contributed by atoms with E-state index >= 15 is 0 Å². The summed E-state index contributed by atoms with van der Waals surface area (Å²) in [5.74, 6) is 0.0734. The van der Waals surface area contributed by atoms with Gasteiger partial charge in [-0.1, -0.05) is 31.2 Å². The van der Waals surface area contributed by atoms with Crippen LogP contribution in [0.15, 0.2) is 48.5 Å². The highest BCUT2D eigenvalue weighted by Gasteiger charge is 2.17. The van der Waals surface area contributed by atoms with E-state index in [4.69, 9.17) is 5.73 Å². The summed E-state index contributed by atoms with van der Waals surface area (Å²) in [6.07, 6.45) is 0.928. The zero-order chi connectivity index (χ0) is 15.2. The van der Waals surface area contributed by atoms with Crippen molar-refractivity contribution in [3.8, 4) is 0 Å². The molecule has 0 saturated carbocycles. The van der Waals surface area contributed by atoms with Gasteiger partial charge in [-0.2, -0.15) is 0 Å². The van der Waals surface area contributed by atoms with Crippen LogP contribution in [0.1, 0.15) is 29.3 Å². The number of carbonyl (C=O) groups excluding carboxylic acids is 1. The van der Waals surface area contributed by atoms with Crippen molar-refractivity contribution in [3.63, 3.8) is 0 Å². The predicted molar refractivity (Wildman–Crippen MR) is 95.0 cm³/mol. The highest BCUT2D eigenvalue weighted by molar-refractivity contribution is 14.1. The summed E-state index contributed by atoms with van der Waals surface area (Å²) in [5.41, 5.74) is 8.36. The lowest BCUT2D eigenvalue weighted by Gasteiger charge is -2.23. The van der Waals surface area contributed by atoms with E-state index in [2.05, 4.69) is 29.5 Å². The Balaban J connectivity index is 2.22. The van der Waals surface area contributed by atoms with Crippen LogP contribution < -0.4 is 5.73 Å². The molecule has 3 nitrogen and oxygen atoms in total. The molecular formula is C17H19IN2O. The van der Waals surface area contributed by atoms with Crippen LogP contribution in [0.4, 0.5) is 5.69 Å². The SMILES string of the molecule is CCCN(Cc1cccc(N)c1)C(=O)c1ccccc1I. The number of hydrogen-bond acceptors (Lipinski definition) is 2. The smallest absolute Gasteiger partial charge is 0.255 e. The molecule has 2 aromatic rings. The van der Waals surface area contributed by atoms with Crippen LogP contribution >= 0.6 is 22.6 Å². The predicted octanol–water partition coefficient (Wildman–Crippen LogP) is 3.93. The van der Waals surface area contributed by atoms with Gasteiger partial charge in [-0.25, -0.2) is 0 Å².